The second-order valence-electron chi connectivity index (χ2n) is 5.60. The number of hydrogen-bond donors (Lipinski definition) is 1. The maximum Gasteiger partial charge on any atom is 0.234 e. The molecule has 1 fully saturated rings. The molecule has 0 aliphatic carbocycles. The zero-order valence-corrected chi connectivity index (χ0v) is 14.4. The first-order chi connectivity index (χ1) is 12.7. The highest BCUT2D eigenvalue weighted by Crippen LogP contribution is 2.27. The van der Waals surface area contributed by atoms with E-state index < -0.39 is 0 Å². The van der Waals surface area contributed by atoms with E-state index in [0.717, 1.165) is 5.56 Å². The number of amides is 2. The van der Waals surface area contributed by atoms with Crippen LogP contribution in [0, 0.1) is 0 Å². The lowest BCUT2D eigenvalue weighted by atomic mass is 9.90. The smallest absolute Gasteiger partial charge is 0.234 e. The molecule has 0 saturated carbocycles. The van der Waals surface area contributed by atoms with Crippen LogP contribution in [0.5, 0.6) is 5.75 Å². The molecule has 1 unspecified atom stereocenters. The molecule has 1 aliphatic heterocycles. The van der Waals surface area contributed by atoms with E-state index in [9.17, 15) is 9.59 Å². The van der Waals surface area contributed by atoms with Crippen LogP contribution < -0.4 is 10.1 Å². The number of piperidine rings is 1. The first-order valence-electron chi connectivity index (χ1n) is 8.43. The molecule has 1 aromatic rings. The van der Waals surface area contributed by atoms with Crippen molar-refractivity contribution in [3.63, 3.8) is 0 Å². The molecular formula is C17H22N4O5. The summed E-state index contributed by atoms with van der Waals surface area (Å²) in [7, 11) is 0. The van der Waals surface area contributed by atoms with Gasteiger partial charge in [0.2, 0.25) is 11.8 Å². The number of imide groups is 1. The Labute approximate surface area is 151 Å². The molecule has 1 aromatic carbocycles. The lowest BCUT2D eigenvalue weighted by molar-refractivity contribution is -0.134. The topological polar surface area (TPSA) is 123 Å². The maximum atomic E-state index is 11.9. The van der Waals surface area contributed by atoms with Gasteiger partial charge in [0.25, 0.3) is 0 Å². The van der Waals surface area contributed by atoms with Crippen LogP contribution in [0.2, 0.25) is 0 Å². The van der Waals surface area contributed by atoms with Crippen molar-refractivity contribution >= 4 is 11.8 Å². The number of benzene rings is 1. The zero-order chi connectivity index (χ0) is 18.6. The Hall–Kier alpha value is -2.61. The number of ether oxygens (including phenoxy) is 3. The standard InChI is InChI=1S/C17H22N4O5/c18-21-19-6-7-24-8-9-25-10-11-26-14-3-1-2-13(12-14)15-4-5-16(22)20-17(15)23/h1-3,12,15H,4-11H2,(H,20,22,23). The quantitative estimate of drug-likeness (QED) is 0.212. The fourth-order valence-electron chi connectivity index (χ4n) is 2.52. The van der Waals surface area contributed by atoms with Gasteiger partial charge in [-0.15, -0.1) is 0 Å². The Bertz CT molecular complexity index is 660. The first kappa shape index (κ1) is 19.7. The largest absolute Gasteiger partial charge is 0.491 e. The maximum absolute atomic E-state index is 11.9. The highest BCUT2D eigenvalue weighted by Gasteiger charge is 2.27. The highest BCUT2D eigenvalue weighted by atomic mass is 16.5. The third-order valence-corrected chi connectivity index (χ3v) is 3.77. The van der Waals surface area contributed by atoms with E-state index in [-0.39, 0.29) is 17.7 Å². The molecule has 26 heavy (non-hydrogen) atoms. The Morgan fingerprint density at radius 2 is 1.92 bits per heavy atom. The van der Waals surface area contributed by atoms with Gasteiger partial charge in [-0.2, -0.15) is 0 Å². The van der Waals surface area contributed by atoms with Gasteiger partial charge in [0.05, 0.1) is 32.3 Å². The summed E-state index contributed by atoms with van der Waals surface area (Å²) >= 11 is 0. The first-order valence-corrected chi connectivity index (χ1v) is 8.43. The Morgan fingerprint density at radius 1 is 1.15 bits per heavy atom. The third kappa shape index (κ3) is 6.72. The Morgan fingerprint density at radius 3 is 2.69 bits per heavy atom. The summed E-state index contributed by atoms with van der Waals surface area (Å²) in [6.07, 6.45) is 0.858. The summed E-state index contributed by atoms with van der Waals surface area (Å²) in [6.45, 7) is 2.31. The lowest BCUT2D eigenvalue weighted by Gasteiger charge is -2.21. The molecule has 2 rings (SSSR count). The van der Waals surface area contributed by atoms with Crippen molar-refractivity contribution < 1.29 is 23.8 Å². The van der Waals surface area contributed by atoms with Crippen LogP contribution in [0.3, 0.4) is 0 Å². The molecule has 1 N–H and O–H groups in total. The summed E-state index contributed by atoms with van der Waals surface area (Å²) in [4.78, 5) is 25.8. The van der Waals surface area contributed by atoms with Crippen molar-refractivity contribution in [3.05, 3.63) is 40.3 Å². The van der Waals surface area contributed by atoms with Crippen molar-refractivity contribution in [2.24, 2.45) is 5.11 Å². The number of azide groups is 1. The van der Waals surface area contributed by atoms with Gasteiger partial charge >= 0.3 is 0 Å². The van der Waals surface area contributed by atoms with Crippen LogP contribution >= 0.6 is 0 Å². The van der Waals surface area contributed by atoms with Gasteiger partial charge < -0.3 is 14.2 Å². The van der Waals surface area contributed by atoms with E-state index in [1.165, 1.54) is 0 Å². The summed E-state index contributed by atoms with van der Waals surface area (Å²) in [5.74, 6) is -0.156. The second-order valence-corrected chi connectivity index (χ2v) is 5.60. The predicted molar refractivity (Wildman–Crippen MR) is 92.7 cm³/mol. The van der Waals surface area contributed by atoms with Gasteiger partial charge in [0.15, 0.2) is 0 Å². The van der Waals surface area contributed by atoms with Crippen molar-refractivity contribution in [2.45, 2.75) is 18.8 Å². The number of carbonyl (C=O) groups excluding carboxylic acids is 2. The minimum absolute atomic E-state index is 0.224. The molecule has 9 heteroatoms. The third-order valence-electron chi connectivity index (χ3n) is 3.77. The SMILES string of the molecule is [N-]=[N+]=NCCOCCOCCOc1cccc(C2CCC(=O)NC2=O)c1. The number of carbonyl (C=O) groups is 2. The molecule has 9 nitrogen and oxygen atoms in total. The van der Waals surface area contributed by atoms with Gasteiger partial charge in [-0.25, -0.2) is 0 Å². The molecule has 1 aliphatic rings. The molecule has 1 saturated heterocycles. The van der Waals surface area contributed by atoms with E-state index in [0.29, 0.717) is 58.2 Å². The molecule has 1 atom stereocenters. The average molecular weight is 362 g/mol. The summed E-state index contributed by atoms with van der Waals surface area (Å²) in [5, 5.41) is 5.72. The fourth-order valence-corrected chi connectivity index (χ4v) is 2.52. The average Bonchev–Trinajstić information content (AvgIpc) is 2.63. The Kier molecular flexibility index (Phi) is 8.41. The van der Waals surface area contributed by atoms with Crippen molar-refractivity contribution in [1.29, 1.82) is 0 Å². The number of hydrogen-bond acceptors (Lipinski definition) is 6. The van der Waals surface area contributed by atoms with Crippen LogP contribution in [0.1, 0.15) is 24.3 Å². The van der Waals surface area contributed by atoms with Crippen molar-refractivity contribution in [3.8, 4) is 5.75 Å². The summed E-state index contributed by atoms with van der Waals surface area (Å²) in [5.41, 5.74) is 8.94. The van der Waals surface area contributed by atoms with Gasteiger partial charge in [-0.05, 0) is 29.6 Å². The molecule has 0 radical (unpaired) electrons. The molecule has 140 valence electrons. The molecular weight excluding hydrogens is 340 g/mol. The monoisotopic (exact) mass is 362 g/mol. The van der Waals surface area contributed by atoms with Gasteiger partial charge in [-0.3, -0.25) is 14.9 Å². The minimum atomic E-state index is -0.324. The van der Waals surface area contributed by atoms with E-state index in [2.05, 4.69) is 15.3 Å². The predicted octanol–water partition coefficient (Wildman–Crippen LogP) is 1.93. The highest BCUT2D eigenvalue weighted by molar-refractivity contribution is 6.00. The van der Waals surface area contributed by atoms with E-state index >= 15 is 0 Å². The molecule has 0 bridgehead atoms. The summed E-state index contributed by atoms with van der Waals surface area (Å²) in [6, 6.07) is 7.32. The zero-order valence-electron chi connectivity index (χ0n) is 14.4. The lowest BCUT2D eigenvalue weighted by Crippen LogP contribution is -2.39. The molecule has 1 heterocycles. The van der Waals surface area contributed by atoms with Crippen LogP contribution in [0.25, 0.3) is 10.4 Å². The second kappa shape index (κ2) is 11.1. The van der Waals surface area contributed by atoms with Gasteiger partial charge in [0.1, 0.15) is 12.4 Å². The van der Waals surface area contributed by atoms with Crippen LogP contribution in [0.15, 0.2) is 29.4 Å². The van der Waals surface area contributed by atoms with Crippen molar-refractivity contribution in [2.75, 3.05) is 39.6 Å². The van der Waals surface area contributed by atoms with Crippen LogP contribution in [0.4, 0.5) is 0 Å². The normalized spacial score (nSPS) is 16.7. The molecule has 0 spiro atoms. The minimum Gasteiger partial charge on any atom is -0.491 e. The number of nitrogens with one attached hydrogen (secondary N) is 1. The summed E-state index contributed by atoms with van der Waals surface area (Å²) < 4.78 is 16.2. The number of nitrogens with zero attached hydrogens (tertiary/aromatic N) is 3. The Balaban J connectivity index is 1.65. The van der Waals surface area contributed by atoms with Crippen molar-refractivity contribution in [1.82, 2.24) is 5.32 Å². The van der Waals surface area contributed by atoms with Gasteiger partial charge in [0, 0.05) is 17.9 Å². The van der Waals surface area contributed by atoms with E-state index in [1.54, 1.807) is 0 Å². The van der Waals surface area contributed by atoms with E-state index in [4.69, 9.17) is 19.7 Å². The van der Waals surface area contributed by atoms with Gasteiger partial charge in [-0.1, -0.05) is 17.2 Å². The van der Waals surface area contributed by atoms with Crippen LogP contribution in [-0.4, -0.2) is 51.4 Å². The molecule has 0 aromatic heterocycles. The fraction of sp³-hybridized carbons (Fsp3) is 0.529. The van der Waals surface area contributed by atoms with Crippen LogP contribution in [-0.2, 0) is 19.1 Å². The number of rotatable bonds is 11. The molecule has 2 amide bonds. The van der Waals surface area contributed by atoms with E-state index in [1.807, 2.05) is 24.3 Å².